The fraction of sp³-hybridized carbons (Fsp3) is 0.550. The van der Waals surface area contributed by atoms with E-state index in [1.165, 1.54) is 4.68 Å². The van der Waals surface area contributed by atoms with Crippen LogP contribution in [-0.4, -0.2) is 51.5 Å². The SMILES string of the molecule is Cn1nc([C@@H]2CCCN(C(=O)C3CCOCC3)C2)n(-c2ccccc2)c1=O. The number of para-hydroxylation sites is 1. The van der Waals surface area contributed by atoms with Crippen molar-refractivity contribution in [1.29, 1.82) is 0 Å². The van der Waals surface area contributed by atoms with Gasteiger partial charge in [-0.1, -0.05) is 18.2 Å². The van der Waals surface area contributed by atoms with Crippen LogP contribution in [0.4, 0.5) is 0 Å². The molecule has 2 aliphatic heterocycles. The molecule has 1 amide bonds. The molecule has 0 spiro atoms. The van der Waals surface area contributed by atoms with Crippen LogP contribution in [-0.2, 0) is 16.6 Å². The number of aryl methyl sites for hydroxylation is 1. The Morgan fingerprint density at radius 1 is 1.15 bits per heavy atom. The molecule has 4 rings (SSSR count). The number of benzene rings is 1. The minimum atomic E-state index is -0.149. The number of likely N-dealkylation sites (tertiary alicyclic amines) is 1. The van der Waals surface area contributed by atoms with Gasteiger partial charge in [0.15, 0.2) is 0 Å². The predicted octanol–water partition coefficient (Wildman–Crippen LogP) is 1.70. The first-order valence-corrected chi connectivity index (χ1v) is 9.73. The van der Waals surface area contributed by atoms with E-state index in [-0.39, 0.29) is 23.4 Å². The molecule has 1 aromatic carbocycles. The average Bonchev–Trinajstić information content (AvgIpc) is 3.03. The summed E-state index contributed by atoms with van der Waals surface area (Å²) in [6, 6.07) is 9.60. The second-order valence-corrected chi connectivity index (χ2v) is 7.45. The van der Waals surface area contributed by atoms with Crippen molar-refractivity contribution in [2.45, 2.75) is 31.6 Å². The van der Waals surface area contributed by atoms with E-state index < -0.39 is 0 Å². The lowest BCUT2D eigenvalue weighted by molar-refractivity contribution is -0.139. The van der Waals surface area contributed by atoms with Gasteiger partial charge in [-0.25, -0.2) is 14.0 Å². The van der Waals surface area contributed by atoms with Crippen LogP contribution in [0.5, 0.6) is 0 Å². The van der Waals surface area contributed by atoms with Crippen molar-refractivity contribution < 1.29 is 9.53 Å². The van der Waals surface area contributed by atoms with E-state index in [0.29, 0.717) is 19.8 Å². The van der Waals surface area contributed by atoms with Crippen LogP contribution in [0.2, 0.25) is 0 Å². The van der Waals surface area contributed by atoms with E-state index in [9.17, 15) is 9.59 Å². The van der Waals surface area contributed by atoms with Gasteiger partial charge in [0.2, 0.25) is 5.91 Å². The number of aromatic nitrogens is 3. The van der Waals surface area contributed by atoms with E-state index in [0.717, 1.165) is 43.7 Å². The van der Waals surface area contributed by atoms with Gasteiger partial charge in [-0.2, -0.15) is 5.10 Å². The fourth-order valence-corrected chi connectivity index (χ4v) is 4.16. The molecule has 7 nitrogen and oxygen atoms in total. The summed E-state index contributed by atoms with van der Waals surface area (Å²) in [6.07, 6.45) is 3.47. The molecular formula is C20H26N4O3. The second kappa shape index (κ2) is 7.68. The maximum absolute atomic E-state index is 12.9. The Morgan fingerprint density at radius 2 is 1.89 bits per heavy atom. The van der Waals surface area contributed by atoms with Crippen molar-refractivity contribution in [3.8, 4) is 5.69 Å². The first kappa shape index (κ1) is 18.0. The van der Waals surface area contributed by atoms with Gasteiger partial charge < -0.3 is 9.64 Å². The first-order chi connectivity index (χ1) is 13.1. The van der Waals surface area contributed by atoms with E-state index in [4.69, 9.17) is 4.74 Å². The van der Waals surface area contributed by atoms with Crippen molar-refractivity contribution in [2.24, 2.45) is 13.0 Å². The van der Waals surface area contributed by atoms with Crippen LogP contribution in [0.1, 0.15) is 37.4 Å². The summed E-state index contributed by atoms with van der Waals surface area (Å²) < 4.78 is 8.46. The molecule has 144 valence electrons. The minimum absolute atomic E-state index is 0.0663. The predicted molar refractivity (Wildman–Crippen MR) is 101 cm³/mol. The third kappa shape index (κ3) is 3.56. The highest BCUT2D eigenvalue weighted by atomic mass is 16.5. The number of piperidine rings is 1. The molecule has 2 aromatic rings. The van der Waals surface area contributed by atoms with Gasteiger partial charge in [0.05, 0.1) is 5.69 Å². The highest BCUT2D eigenvalue weighted by Gasteiger charge is 2.33. The Hall–Kier alpha value is -2.41. The van der Waals surface area contributed by atoms with Gasteiger partial charge in [0.1, 0.15) is 5.82 Å². The molecule has 1 atom stereocenters. The molecule has 0 saturated carbocycles. The molecule has 0 aliphatic carbocycles. The smallest absolute Gasteiger partial charge is 0.350 e. The van der Waals surface area contributed by atoms with Crippen LogP contribution in [0.25, 0.3) is 5.69 Å². The van der Waals surface area contributed by atoms with Crippen molar-refractivity contribution in [1.82, 2.24) is 19.2 Å². The van der Waals surface area contributed by atoms with E-state index >= 15 is 0 Å². The summed E-state index contributed by atoms with van der Waals surface area (Å²) in [5.41, 5.74) is 0.669. The quantitative estimate of drug-likeness (QED) is 0.825. The minimum Gasteiger partial charge on any atom is -0.381 e. The summed E-state index contributed by atoms with van der Waals surface area (Å²) in [7, 11) is 1.68. The lowest BCUT2D eigenvalue weighted by Crippen LogP contribution is -2.44. The van der Waals surface area contributed by atoms with Gasteiger partial charge >= 0.3 is 5.69 Å². The summed E-state index contributed by atoms with van der Waals surface area (Å²) in [4.78, 5) is 27.6. The molecule has 2 fully saturated rings. The molecular weight excluding hydrogens is 344 g/mol. The Bertz CT molecular complexity index is 852. The number of carbonyl (C=O) groups is 1. The Labute approximate surface area is 158 Å². The molecule has 0 N–H and O–H groups in total. The molecule has 27 heavy (non-hydrogen) atoms. The van der Waals surface area contributed by atoms with Gasteiger partial charge in [0.25, 0.3) is 0 Å². The number of nitrogens with zero attached hydrogens (tertiary/aromatic N) is 4. The van der Waals surface area contributed by atoms with Crippen molar-refractivity contribution in [3.05, 3.63) is 46.6 Å². The zero-order valence-electron chi connectivity index (χ0n) is 15.7. The fourth-order valence-electron chi connectivity index (χ4n) is 4.16. The molecule has 2 saturated heterocycles. The number of amides is 1. The van der Waals surface area contributed by atoms with Gasteiger partial charge in [-0.05, 0) is 37.8 Å². The molecule has 0 radical (unpaired) electrons. The summed E-state index contributed by atoms with van der Waals surface area (Å²) in [5.74, 6) is 1.11. The van der Waals surface area contributed by atoms with Gasteiger partial charge in [0, 0.05) is 45.2 Å². The molecule has 0 unspecified atom stereocenters. The Balaban J connectivity index is 1.59. The van der Waals surface area contributed by atoms with E-state index in [1.807, 2.05) is 35.2 Å². The monoisotopic (exact) mass is 370 g/mol. The zero-order chi connectivity index (χ0) is 18.8. The molecule has 7 heteroatoms. The van der Waals surface area contributed by atoms with Gasteiger partial charge in [-0.15, -0.1) is 0 Å². The van der Waals surface area contributed by atoms with Gasteiger partial charge in [-0.3, -0.25) is 4.79 Å². The Kier molecular flexibility index (Phi) is 5.11. The summed E-state index contributed by atoms with van der Waals surface area (Å²) in [6.45, 7) is 2.75. The van der Waals surface area contributed by atoms with Crippen molar-refractivity contribution >= 4 is 5.91 Å². The van der Waals surface area contributed by atoms with Crippen LogP contribution >= 0.6 is 0 Å². The molecule has 1 aromatic heterocycles. The second-order valence-electron chi connectivity index (χ2n) is 7.45. The number of hydrogen-bond donors (Lipinski definition) is 0. The normalized spacial score (nSPS) is 21.4. The number of ether oxygens (including phenoxy) is 1. The van der Waals surface area contributed by atoms with E-state index in [1.54, 1.807) is 11.6 Å². The third-order valence-electron chi connectivity index (χ3n) is 5.63. The number of carbonyl (C=O) groups excluding carboxylic acids is 1. The lowest BCUT2D eigenvalue weighted by Gasteiger charge is -2.35. The number of rotatable bonds is 3. The van der Waals surface area contributed by atoms with Crippen molar-refractivity contribution in [3.63, 3.8) is 0 Å². The topological polar surface area (TPSA) is 69.4 Å². The zero-order valence-corrected chi connectivity index (χ0v) is 15.7. The largest absolute Gasteiger partial charge is 0.381 e. The lowest BCUT2D eigenvalue weighted by atomic mass is 9.93. The summed E-state index contributed by atoms with van der Waals surface area (Å²) >= 11 is 0. The van der Waals surface area contributed by atoms with Crippen molar-refractivity contribution in [2.75, 3.05) is 26.3 Å². The van der Waals surface area contributed by atoms with Crippen LogP contribution < -0.4 is 5.69 Å². The highest BCUT2D eigenvalue weighted by Crippen LogP contribution is 2.28. The number of hydrogen-bond acceptors (Lipinski definition) is 4. The molecule has 0 bridgehead atoms. The Morgan fingerprint density at radius 3 is 2.63 bits per heavy atom. The maximum atomic E-state index is 12.9. The highest BCUT2D eigenvalue weighted by molar-refractivity contribution is 5.79. The van der Waals surface area contributed by atoms with Crippen LogP contribution in [0, 0.1) is 5.92 Å². The van der Waals surface area contributed by atoms with E-state index in [2.05, 4.69) is 5.10 Å². The summed E-state index contributed by atoms with van der Waals surface area (Å²) in [5, 5.41) is 4.53. The third-order valence-corrected chi connectivity index (χ3v) is 5.63. The average molecular weight is 370 g/mol. The standard InChI is InChI=1S/C20H26N4O3/c1-22-20(26)24(17-7-3-2-4-8-17)18(21-22)16-6-5-11-23(14-16)19(25)15-9-12-27-13-10-15/h2-4,7-8,15-16H,5-6,9-14H2,1H3/t16-/m1/s1. The van der Waals surface area contributed by atoms with Crippen LogP contribution in [0.15, 0.2) is 35.1 Å². The maximum Gasteiger partial charge on any atom is 0.350 e. The molecule has 2 aliphatic rings. The van der Waals surface area contributed by atoms with Crippen LogP contribution in [0.3, 0.4) is 0 Å². The first-order valence-electron chi connectivity index (χ1n) is 9.73. The molecule has 3 heterocycles.